The largest absolute Gasteiger partial charge is 0.283 e. The second-order valence-electron chi connectivity index (χ2n) is 5.14. The summed E-state index contributed by atoms with van der Waals surface area (Å²) in [6.45, 7) is 4.92. The van der Waals surface area contributed by atoms with E-state index in [0.717, 1.165) is 13.0 Å². The molecule has 2 aromatic carbocycles. The van der Waals surface area contributed by atoms with Crippen LogP contribution in [-0.2, 0) is 4.84 Å². The van der Waals surface area contributed by atoms with Crippen molar-refractivity contribution in [2.45, 2.75) is 12.3 Å². The van der Waals surface area contributed by atoms with Crippen molar-refractivity contribution in [3.8, 4) is 11.1 Å². The highest BCUT2D eigenvalue weighted by Gasteiger charge is 2.27. The van der Waals surface area contributed by atoms with Gasteiger partial charge in [0, 0.05) is 12.5 Å². The molecule has 0 heterocycles. The van der Waals surface area contributed by atoms with Gasteiger partial charge in [-0.1, -0.05) is 54.6 Å². The van der Waals surface area contributed by atoms with Gasteiger partial charge in [-0.3, -0.25) is 4.84 Å². The molecule has 0 saturated heterocycles. The minimum absolute atomic E-state index is 0.450. The zero-order valence-electron chi connectivity index (χ0n) is 12.0. The van der Waals surface area contributed by atoms with Crippen LogP contribution in [0.15, 0.2) is 61.2 Å². The Labute approximate surface area is 125 Å². The lowest BCUT2D eigenvalue weighted by molar-refractivity contribution is 0.0295. The summed E-state index contributed by atoms with van der Waals surface area (Å²) < 4.78 is 0. The Kier molecular flexibility index (Phi) is 4.46. The Morgan fingerprint density at radius 3 is 2.24 bits per heavy atom. The molecule has 3 rings (SSSR count). The molecule has 0 radical (unpaired) electrons. The molecule has 1 aliphatic rings. The van der Waals surface area contributed by atoms with Crippen LogP contribution < -0.4 is 11.0 Å². The number of hydrogen-bond donors (Lipinski definition) is 2. The Morgan fingerprint density at radius 1 is 1.00 bits per heavy atom. The van der Waals surface area contributed by atoms with E-state index in [4.69, 9.17) is 4.84 Å². The van der Waals surface area contributed by atoms with Crippen LogP contribution in [0.5, 0.6) is 0 Å². The maximum absolute atomic E-state index is 5.11. The van der Waals surface area contributed by atoms with Gasteiger partial charge in [-0.2, -0.15) is 0 Å². The molecule has 3 nitrogen and oxygen atoms in total. The van der Waals surface area contributed by atoms with Crippen LogP contribution in [-0.4, -0.2) is 13.2 Å². The molecule has 0 fully saturated rings. The van der Waals surface area contributed by atoms with Crippen LogP contribution in [0, 0.1) is 0 Å². The maximum atomic E-state index is 5.11. The molecule has 108 valence electrons. The Morgan fingerprint density at radius 2 is 1.62 bits per heavy atom. The first-order chi connectivity index (χ1) is 10.4. The summed E-state index contributed by atoms with van der Waals surface area (Å²) in [7, 11) is 0. The fraction of sp³-hybridized carbons (Fsp3) is 0.222. The average Bonchev–Trinajstić information content (AvgIpc) is 2.85. The predicted molar refractivity (Wildman–Crippen MR) is 85.6 cm³/mol. The molecule has 0 saturated carbocycles. The van der Waals surface area contributed by atoms with Crippen LogP contribution in [0.2, 0.25) is 0 Å². The molecule has 0 aromatic heterocycles. The molecule has 1 aliphatic carbocycles. The van der Waals surface area contributed by atoms with Gasteiger partial charge in [0.05, 0.1) is 6.61 Å². The first-order valence-electron chi connectivity index (χ1n) is 7.30. The third-order valence-electron chi connectivity index (χ3n) is 3.87. The maximum Gasteiger partial charge on any atom is 0.0877 e. The molecule has 0 aliphatic heterocycles. The molecule has 2 N–H and O–H groups in total. The van der Waals surface area contributed by atoms with Gasteiger partial charge in [0.1, 0.15) is 0 Å². The quantitative estimate of drug-likeness (QED) is 0.463. The van der Waals surface area contributed by atoms with Crippen molar-refractivity contribution in [1.82, 2.24) is 11.0 Å². The van der Waals surface area contributed by atoms with E-state index in [-0.39, 0.29) is 0 Å². The fourth-order valence-corrected chi connectivity index (χ4v) is 2.99. The van der Waals surface area contributed by atoms with Crippen LogP contribution in [0.4, 0.5) is 0 Å². The molecule has 0 amide bonds. The summed E-state index contributed by atoms with van der Waals surface area (Å²) in [6, 6.07) is 17.4. The minimum Gasteiger partial charge on any atom is -0.283 e. The van der Waals surface area contributed by atoms with E-state index in [0.29, 0.717) is 12.5 Å². The van der Waals surface area contributed by atoms with Crippen molar-refractivity contribution in [3.05, 3.63) is 72.3 Å². The molecular formula is C18H20N2O. The summed E-state index contributed by atoms with van der Waals surface area (Å²) in [5, 5.41) is 0. The molecule has 2 aromatic rings. The molecule has 0 spiro atoms. The minimum atomic E-state index is 0.450. The van der Waals surface area contributed by atoms with E-state index in [1.807, 2.05) is 0 Å². The third kappa shape index (κ3) is 2.90. The SMILES string of the molecule is C=CCONNCCC1c2ccccc2-c2ccccc21. The lowest BCUT2D eigenvalue weighted by Gasteiger charge is -2.14. The van der Waals surface area contributed by atoms with Gasteiger partial charge < -0.3 is 0 Å². The van der Waals surface area contributed by atoms with Crippen molar-refractivity contribution in [2.75, 3.05) is 13.2 Å². The normalized spacial score (nSPS) is 13.0. The van der Waals surface area contributed by atoms with Gasteiger partial charge >= 0.3 is 0 Å². The lowest BCUT2D eigenvalue weighted by Crippen LogP contribution is -2.33. The lowest BCUT2D eigenvalue weighted by atomic mass is 9.94. The smallest absolute Gasteiger partial charge is 0.0877 e. The molecule has 0 unspecified atom stereocenters. The molecule has 3 heteroatoms. The second kappa shape index (κ2) is 6.68. The van der Waals surface area contributed by atoms with Crippen LogP contribution >= 0.6 is 0 Å². The average molecular weight is 280 g/mol. The monoisotopic (exact) mass is 280 g/mol. The van der Waals surface area contributed by atoms with Gasteiger partial charge in [0.25, 0.3) is 0 Å². The van der Waals surface area contributed by atoms with Crippen LogP contribution in [0.1, 0.15) is 23.5 Å². The standard InChI is InChI=1S/C18H20N2O/c1-2-13-21-20-19-12-11-18-16-9-5-3-7-14(16)15-8-4-6-10-17(15)18/h2-10,18-20H,1,11-13H2. The number of benzene rings is 2. The zero-order chi connectivity index (χ0) is 14.5. The van der Waals surface area contributed by atoms with E-state index in [1.54, 1.807) is 6.08 Å². The number of hydrogen-bond acceptors (Lipinski definition) is 3. The van der Waals surface area contributed by atoms with Crippen molar-refractivity contribution in [1.29, 1.82) is 0 Å². The zero-order valence-corrected chi connectivity index (χ0v) is 12.0. The number of hydrazine groups is 1. The predicted octanol–water partition coefficient (Wildman–Crippen LogP) is 3.40. The van der Waals surface area contributed by atoms with Gasteiger partial charge in [0.2, 0.25) is 0 Å². The second-order valence-corrected chi connectivity index (χ2v) is 5.14. The van der Waals surface area contributed by atoms with E-state index in [9.17, 15) is 0 Å². The summed E-state index contributed by atoms with van der Waals surface area (Å²) >= 11 is 0. The molecule has 21 heavy (non-hydrogen) atoms. The fourth-order valence-electron chi connectivity index (χ4n) is 2.99. The van der Waals surface area contributed by atoms with Crippen molar-refractivity contribution >= 4 is 0 Å². The van der Waals surface area contributed by atoms with Gasteiger partial charge in [-0.25, -0.2) is 5.43 Å². The Bertz CT molecular complexity index is 579. The summed E-state index contributed by atoms with van der Waals surface area (Å²) in [5.74, 6) is 0.450. The third-order valence-corrected chi connectivity index (χ3v) is 3.87. The van der Waals surface area contributed by atoms with Crippen molar-refractivity contribution in [2.24, 2.45) is 0 Å². The van der Waals surface area contributed by atoms with Crippen molar-refractivity contribution in [3.63, 3.8) is 0 Å². The van der Waals surface area contributed by atoms with E-state index < -0.39 is 0 Å². The van der Waals surface area contributed by atoms with Gasteiger partial charge in [0.15, 0.2) is 0 Å². The molecular weight excluding hydrogens is 260 g/mol. The number of fused-ring (bicyclic) bond motifs is 3. The number of nitrogens with one attached hydrogen (secondary N) is 2. The Hall–Kier alpha value is -1.94. The first kappa shape index (κ1) is 14.0. The highest BCUT2D eigenvalue weighted by molar-refractivity contribution is 5.78. The first-order valence-corrected chi connectivity index (χ1v) is 7.30. The van der Waals surface area contributed by atoms with Crippen LogP contribution in [0.3, 0.4) is 0 Å². The summed E-state index contributed by atoms with van der Waals surface area (Å²) in [4.78, 5) is 5.11. The highest BCUT2D eigenvalue weighted by atomic mass is 16.7. The van der Waals surface area contributed by atoms with E-state index >= 15 is 0 Å². The summed E-state index contributed by atoms with van der Waals surface area (Å²) in [5.41, 5.74) is 11.4. The van der Waals surface area contributed by atoms with Crippen LogP contribution in [0.25, 0.3) is 11.1 Å². The van der Waals surface area contributed by atoms with E-state index in [2.05, 4.69) is 66.1 Å². The van der Waals surface area contributed by atoms with Crippen molar-refractivity contribution < 1.29 is 4.84 Å². The number of rotatable bonds is 7. The Balaban J connectivity index is 1.69. The van der Waals surface area contributed by atoms with E-state index in [1.165, 1.54) is 22.3 Å². The highest BCUT2D eigenvalue weighted by Crippen LogP contribution is 2.45. The van der Waals surface area contributed by atoms with Gasteiger partial charge in [-0.15, -0.1) is 12.2 Å². The topological polar surface area (TPSA) is 33.3 Å². The summed E-state index contributed by atoms with van der Waals surface area (Å²) in [6.07, 6.45) is 2.73. The van der Waals surface area contributed by atoms with Gasteiger partial charge in [-0.05, 0) is 28.7 Å². The molecule has 0 bridgehead atoms. The molecule has 0 atom stereocenters.